The lowest BCUT2D eigenvalue weighted by molar-refractivity contribution is 0.0512. The van der Waals surface area contributed by atoms with Crippen LogP contribution in [-0.4, -0.2) is 30.0 Å². The van der Waals surface area contributed by atoms with Crippen LogP contribution in [0, 0.1) is 0 Å². The van der Waals surface area contributed by atoms with Crippen LogP contribution in [0.15, 0.2) is 24.3 Å². The van der Waals surface area contributed by atoms with Gasteiger partial charge >= 0.3 is 6.09 Å². The molecule has 1 aromatic rings. The van der Waals surface area contributed by atoms with Crippen LogP contribution in [0.5, 0.6) is 5.75 Å². The smallest absolute Gasteiger partial charge is 0.407 e. The summed E-state index contributed by atoms with van der Waals surface area (Å²) in [4.78, 5) is 16.3. The van der Waals surface area contributed by atoms with E-state index >= 15 is 0 Å². The number of rotatable bonds is 5. The highest BCUT2D eigenvalue weighted by atomic mass is 16.6. The van der Waals surface area contributed by atoms with Crippen molar-refractivity contribution in [3.63, 3.8) is 0 Å². The first-order valence-corrected chi connectivity index (χ1v) is 6.39. The molecule has 1 atom stereocenters. The number of ether oxygens (including phenoxy) is 1. The molecule has 0 aliphatic rings. The number of hydrogen-bond donors (Lipinski definition) is 3. The highest BCUT2D eigenvalue weighted by Gasteiger charge is 2.18. The van der Waals surface area contributed by atoms with E-state index < -0.39 is 11.7 Å². The minimum absolute atomic E-state index is 0.117. The Kier molecular flexibility index (Phi) is 5.79. The Morgan fingerprint density at radius 1 is 1.35 bits per heavy atom. The van der Waals surface area contributed by atoms with Gasteiger partial charge < -0.3 is 20.0 Å². The Morgan fingerprint density at radius 2 is 1.95 bits per heavy atom. The fourth-order valence-corrected chi connectivity index (χ4v) is 1.66. The molecule has 0 heterocycles. The van der Waals surface area contributed by atoms with Crippen molar-refractivity contribution < 1.29 is 19.5 Å². The predicted molar refractivity (Wildman–Crippen MR) is 75.2 cm³/mol. The Labute approximate surface area is 118 Å². The second kappa shape index (κ2) is 7.12. The van der Waals surface area contributed by atoms with E-state index in [0.717, 1.165) is 5.56 Å². The van der Waals surface area contributed by atoms with Gasteiger partial charge in [-0.3, -0.25) is 0 Å². The zero-order valence-electron chi connectivity index (χ0n) is 12.1. The number of nitrogens with one attached hydrogen (secondary N) is 1. The standard InChI is InChI=1S/C14H22N2O4/c1-14(2,3)20-13(18)16-8-11(9-19-15)10-4-6-12(17)7-5-10/h4-7,11,17H,8-9,15H2,1-3H3,(H,16,18). The van der Waals surface area contributed by atoms with Gasteiger partial charge in [0.15, 0.2) is 0 Å². The van der Waals surface area contributed by atoms with Crippen molar-refractivity contribution in [2.75, 3.05) is 13.2 Å². The highest BCUT2D eigenvalue weighted by molar-refractivity contribution is 5.67. The topological polar surface area (TPSA) is 93.8 Å². The Balaban J connectivity index is 2.59. The molecular formula is C14H22N2O4. The number of aromatic hydroxyl groups is 1. The molecule has 0 saturated heterocycles. The summed E-state index contributed by atoms with van der Waals surface area (Å²) in [5.74, 6) is 5.18. The van der Waals surface area contributed by atoms with Crippen LogP contribution in [0.3, 0.4) is 0 Å². The zero-order valence-corrected chi connectivity index (χ0v) is 12.1. The molecule has 112 valence electrons. The van der Waals surface area contributed by atoms with Crippen LogP contribution in [0.25, 0.3) is 0 Å². The normalized spacial score (nSPS) is 12.8. The summed E-state index contributed by atoms with van der Waals surface area (Å²) in [7, 11) is 0. The molecule has 6 heteroatoms. The maximum Gasteiger partial charge on any atom is 0.407 e. The summed E-state index contributed by atoms with van der Waals surface area (Å²) in [6, 6.07) is 6.67. The van der Waals surface area contributed by atoms with Crippen LogP contribution in [0.2, 0.25) is 0 Å². The number of hydrogen-bond acceptors (Lipinski definition) is 5. The van der Waals surface area contributed by atoms with Crippen molar-refractivity contribution >= 4 is 6.09 Å². The molecule has 4 N–H and O–H groups in total. The van der Waals surface area contributed by atoms with Crippen molar-refractivity contribution in [2.24, 2.45) is 5.90 Å². The molecule has 0 spiro atoms. The van der Waals surface area contributed by atoms with Crippen LogP contribution in [0.4, 0.5) is 4.79 Å². The second-order valence-corrected chi connectivity index (χ2v) is 5.50. The van der Waals surface area contributed by atoms with Gasteiger partial charge in [-0.2, -0.15) is 0 Å². The fourth-order valence-electron chi connectivity index (χ4n) is 1.66. The minimum Gasteiger partial charge on any atom is -0.508 e. The van der Waals surface area contributed by atoms with Gasteiger partial charge in [0.1, 0.15) is 11.4 Å². The third-order valence-electron chi connectivity index (χ3n) is 2.55. The molecule has 20 heavy (non-hydrogen) atoms. The van der Waals surface area contributed by atoms with Gasteiger partial charge in [-0.25, -0.2) is 10.7 Å². The van der Waals surface area contributed by atoms with Gasteiger partial charge in [0.25, 0.3) is 0 Å². The van der Waals surface area contributed by atoms with E-state index in [1.165, 1.54) is 0 Å². The maximum atomic E-state index is 11.6. The number of alkyl carbamates (subject to hydrolysis) is 1. The molecule has 0 radical (unpaired) electrons. The molecule has 1 amide bonds. The van der Waals surface area contributed by atoms with Gasteiger partial charge in [0, 0.05) is 12.5 Å². The molecule has 1 unspecified atom stereocenters. The monoisotopic (exact) mass is 282 g/mol. The largest absolute Gasteiger partial charge is 0.508 e. The molecule has 1 aromatic carbocycles. The molecule has 0 aromatic heterocycles. The fraction of sp³-hybridized carbons (Fsp3) is 0.500. The van der Waals surface area contributed by atoms with Gasteiger partial charge in [-0.1, -0.05) is 12.1 Å². The second-order valence-electron chi connectivity index (χ2n) is 5.50. The average molecular weight is 282 g/mol. The zero-order chi connectivity index (χ0) is 15.2. The molecule has 1 rings (SSSR count). The molecule has 0 bridgehead atoms. The van der Waals surface area contributed by atoms with Crippen molar-refractivity contribution in [2.45, 2.75) is 32.3 Å². The number of benzene rings is 1. The van der Waals surface area contributed by atoms with Gasteiger partial charge in [-0.15, -0.1) is 0 Å². The Bertz CT molecular complexity index is 426. The number of nitrogens with two attached hydrogens (primary N) is 1. The van der Waals surface area contributed by atoms with Crippen LogP contribution < -0.4 is 11.2 Å². The van der Waals surface area contributed by atoms with Crippen LogP contribution in [0.1, 0.15) is 32.3 Å². The molecule has 0 aliphatic heterocycles. The first-order valence-electron chi connectivity index (χ1n) is 6.39. The van der Waals surface area contributed by atoms with E-state index in [4.69, 9.17) is 10.6 Å². The number of phenolic OH excluding ortho intramolecular Hbond substituents is 1. The number of carbonyl (C=O) groups excluding carboxylic acids is 1. The van der Waals surface area contributed by atoms with Gasteiger partial charge in [0.05, 0.1) is 6.61 Å². The van der Waals surface area contributed by atoms with E-state index in [9.17, 15) is 9.90 Å². The molecule has 0 fully saturated rings. The summed E-state index contributed by atoms with van der Waals surface area (Å²) in [6.07, 6.45) is -0.488. The summed E-state index contributed by atoms with van der Waals surface area (Å²) < 4.78 is 5.16. The highest BCUT2D eigenvalue weighted by Crippen LogP contribution is 2.18. The van der Waals surface area contributed by atoms with Gasteiger partial charge in [-0.05, 0) is 38.5 Å². The number of carbonyl (C=O) groups is 1. The van der Waals surface area contributed by atoms with E-state index in [1.54, 1.807) is 45.0 Å². The lowest BCUT2D eigenvalue weighted by Crippen LogP contribution is -2.35. The third kappa shape index (κ3) is 5.90. The first-order chi connectivity index (χ1) is 9.31. The van der Waals surface area contributed by atoms with E-state index in [-0.39, 0.29) is 18.3 Å². The minimum atomic E-state index is -0.539. The van der Waals surface area contributed by atoms with Crippen LogP contribution in [-0.2, 0) is 9.57 Å². The average Bonchev–Trinajstić information content (AvgIpc) is 2.33. The van der Waals surface area contributed by atoms with E-state index in [1.807, 2.05) is 0 Å². The summed E-state index contributed by atoms with van der Waals surface area (Å²) in [6.45, 7) is 5.98. The molecule has 0 saturated carbocycles. The quantitative estimate of drug-likeness (QED) is 0.717. The van der Waals surface area contributed by atoms with Crippen molar-refractivity contribution in [1.82, 2.24) is 5.32 Å². The van der Waals surface area contributed by atoms with E-state index in [0.29, 0.717) is 6.54 Å². The summed E-state index contributed by atoms with van der Waals surface area (Å²) in [5.41, 5.74) is 0.368. The van der Waals surface area contributed by atoms with Crippen LogP contribution >= 0.6 is 0 Å². The maximum absolute atomic E-state index is 11.6. The van der Waals surface area contributed by atoms with E-state index in [2.05, 4.69) is 10.2 Å². The summed E-state index contributed by atoms with van der Waals surface area (Å²) >= 11 is 0. The molecule has 0 aliphatic carbocycles. The lowest BCUT2D eigenvalue weighted by atomic mass is 10.00. The first kappa shape index (κ1) is 16.3. The summed E-state index contributed by atoms with van der Waals surface area (Å²) in [5, 5.41) is 11.9. The number of amides is 1. The predicted octanol–water partition coefficient (Wildman–Crippen LogP) is 1.89. The van der Waals surface area contributed by atoms with Crippen molar-refractivity contribution in [3.8, 4) is 5.75 Å². The van der Waals surface area contributed by atoms with Crippen molar-refractivity contribution in [3.05, 3.63) is 29.8 Å². The Hall–Kier alpha value is -1.79. The SMILES string of the molecule is CC(C)(C)OC(=O)NCC(CON)c1ccc(O)cc1. The molecular weight excluding hydrogens is 260 g/mol. The lowest BCUT2D eigenvalue weighted by Gasteiger charge is -2.22. The third-order valence-corrected chi connectivity index (χ3v) is 2.55. The van der Waals surface area contributed by atoms with Gasteiger partial charge in [0.2, 0.25) is 0 Å². The molecule has 6 nitrogen and oxygen atoms in total. The van der Waals surface area contributed by atoms with Crippen molar-refractivity contribution in [1.29, 1.82) is 0 Å². The Morgan fingerprint density at radius 3 is 2.45 bits per heavy atom. The number of phenols is 1.